The van der Waals surface area contributed by atoms with Crippen molar-refractivity contribution in [2.24, 2.45) is 0 Å². The molecule has 0 radical (unpaired) electrons. The summed E-state index contributed by atoms with van der Waals surface area (Å²) >= 11 is 0. The van der Waals surface area contributed by atoms with Crippen LogP contribution in [-0.4, -0.2) is 0 Å². The summed E-state index contributed by atoms with van der Waals surface area (Å²) < 4.78 is 0. The van der Waals surface area contributed by atoms with Crippen molar-refractivity contribution in [2.75, 3.05) is 9.80 Å². The van der Waals surface area contributed by atoms with Gasteiger partial charge in [-0.25, -0.2) is 0 Å². The normalized spacial score (nSPS) is 13.6. The first-order valence-electron chi connectivity index (χ1n) is 49.5. The van der Waals surface area contributed by atoms with Gasteiger partial charge in [0.25, 0.3) is 0 Å². The Morgan fingerprint density at radius 2 is 0.338 bits per heavy atom. The highest BCUT2D eigenvalue weighted by Crippen LogP contribution is 2.55. The van der Waals surface area contributed by atoms with Crippen LogP contribution in [0.4, 0.5) is 34.1 Å². The Morgan fingerprint density at radius 1 is 0.140 bits per heavy atom. The van der Waals surface area contributed by atoms with Crippen LogP contribution in [0.1, 0.15) is 261 Å². The summed E-state index contributed by atoms with van der Waals surface area (Å²) in [5.74, 6) is 0. The molecule has 136 heavy (non-hydrogen) atoms. The van der Waals surface area contributed by atoms with E-state index in [1.807, 2.05) is 0 Å². The van der Waals surface area contributed by atoms with E-state index in [0.29, 0.717) is 0 Å². The highest BCUT2D eigenvalue weighted by Gasteiger charge is 2.39. The quantitative estimate of drug-likeness (QED) is 0.107. The molecule has 0 unspecified atom stereocenters. The van der Waals surface area contributed by atoms with Crippen molar-refractivity contribution in [3.63, 3.8) is 0 Å². The lowest BCUT2D eigenvalue weighted by atomic mass is 9.77. The molecule has 688 valence electrons. The van der Waals surface area contributed by atoms with Crippen molar-refractivity contribution in [3.05, 3.63) is 419 Å². The lowest BCUT2D eigenvalue weighted by molar-refractivity contribution is 0.568. The standard InChI is InChI=1S/2C67H71N/c1-63(2,3)52-34-47(32-48(35-52)49-33-50(37-53(36-49)64(4,5)6)51-38-54(65(7,8)9)42-55(39-51)66(10,11)12)46-25-21-27-57(41-46)68(56-26-20-24-45(40-56)44-22-16-15-17-23-44)58-30-31-60-59-28-18-19-29-61(59)67(13,14)62(60)43-58;1-63(2,3)52-35-47(33-48(36-52)49-34-50(38-53(37-49)64(4,5)6)51-39-54(65(7,8)9)42-55(40-51)66(10,11)12)46-23-20-24-57(41-46)68(56-29-27-45(28-30-56)44-21-16-15-17-22-44)58-31-32-60-59-25-18-19-26-61(59)67(13,14)62(60)43-58/h2*15-43H,1-14H3. The minimum atomic E-state index is -0.125. The topological polar surface area (TPSA) is 6.48 Å². The molecular formula is C134H142N2. The molecule has 0 heterocycles. The zero-order valence-electron chi connectivity index (χ0n) is 86.4. The summed E-state index contributed by atoms with van der Waals surface area (Å²) in [6, 6.07) is 134. The van der Waals surface area contributed by atoms with E-state index in [-0.39, 0.29) is 54.1 Å². The van der Waals surface area contributed by atoms with E-state index in [1.165, 1.54) is 178 Å². The average molecular weight is 1780 g/mol. The molecule has 16 aromatic rings. The summed E-state index contributed by atoms with van der Waals surface area (Å²) in [7, 11) is 0. The van der Waals surface area contributed by atoms with Crippen molar-refractivity contribution >= 4 is 34.1 Å². The highest BCUT2D eigenvalue weighted by molar-refractivity contribution is 5.92. The third-order valence-electron chi connectivity index (χ3n) is 28.8. The van der Waals surface area contributed by atoms with Crippen molar-refractivity contribution in [3.8, 4) is 111 Å². The second-order valence-electron chi connectivity index (χ2n) is 48.2. The minimum absolute atomic E-state index is 0.0220. The first kappa shape index (κ1) is 94.9. The SMILES string of the molecule is CC(C)(C)c1cc(-c2cccc(N(c3ccc(-c4ccccc4)cc3)c3ccc4c(c3)C(C)(C)c3ccccc3-4)c2)cc(-c2cc(-c3cc(C(C)(C)C)cc(C(C)(C)C)c3)cc(C(C)(C)C)c2)c1.CC(C)(C)c1cc(-c2cccc(N(c3cccc(-c4ccccc4)c3)c3ccc4c(c3)C(C)(C)c3ccccc3-4)c2)cc(-c2cc(-c3cc(C(C)(C)C)cc(C(C)(C)C)c3)cc(C(C)(C)C)c2)c1. The molecule has 0 saturated heterocycles. The van der Waals surface area contributed by atoms with E-state index in [1.54, 1.807) is 0 Å². The van der Waals surface area contributed by atoms with Gasteiger partial charge in [-0.3, -0.25) is 0 Å². The molecule has 0 amide bonds. The van der Waals surface area contributed by atoms with E-state index in [4.69, 9.17) is 0 Å². The fraction of sp³-hybridized carbons (Fsp3) is 0.284. The van der Waals surface area contributed by atoms with Crippen LogP contribution in [-0.2, 0) is 54.1 Å². The Bertz CT molecular complexity index is 7120. The Labute approximate surface area is 816 Å². The maximum Gasteiger partial charge on any atom is 0.0467 e. The first-order valence-corrected chi connectivity index (χ1v) is 49.5. The number of benzene rings is 16. The zero-order valence-corrected chi connectivity index (χ0v) is 86.4. The van der Waals surface area contributed by atoms with Gasteiger partial charge in [-0.15, -0.1) is 0 Å². The molecule has 0 fully saturated rings. The Balaban J connectivity index is 0.000000189. The molecule has 2 aliphatic carbocycles. The van der Waals surface area contributed by atoms with Crippen LogP contribution in [0.15, 0.2) is 352 Å². The van der Waals surface area contributed by atoms with Crippen molar-refractivity contribution in [2.45, 2.75) is 248 Å². The third-order valence-corrected chi connectivity index (χ3v) is 28.8. The Morgan fingerprint density at radius 3 is 0.625 bits per heavy atom. The van der Waals surface area contributed by atoms with Gasteiger partial charge in [0.2, 0.25) is 0 Å². The van der Waals surface area contributed by atoms with Crippen molar-refractivity contribution < 1.29 is 0 Å². The fourth-order valence-corrected chi connectivity index (χ4v) is 20.0. The van der Waals surface area contributed by atoms with Gasteiger partial charge in [0.05, 0.1) is 0 Å². The molecular weight excluding hydrogens is 1640 g/mol. The predicted molar refractivity (Wildman–Crippen MR) is 590 cm³/mol. The van der Waals surface area contributed by atoms with E-state index in [2.05, 4.69) is 556 Å². The van der Waals surface area contributed by atoms with Crippen LogP contribution < -0.4 is 9.80 Å². The van der Waals surface area contributed by atoms with E-state index >= 15 is 0 Å². The zero-order chi connectivity index (χ0) is 97.1. The molecule has 2 heteroatoms. The lowest BCUT2D eigenvalue weighted by Gasteiger charge is -2.29. The van der Waals surface area contributed by atoms with Gasteiger partial charge in [-0.05, 0) is 318 Å². The molecule has 0 atom stereocenters. The van der Waals surface area contributed by atoms with Gasteiger partial charge in [-0.1, -0.05) is 449 Å². The Hall–Kier alpha value is -12.9. The summed E-state index contributed by atoms with van der Waals surface area (Å²) in [4.78, 5) is 4.91. The summed E-state index contributed by atoms with van der Waals surface area (Å²) in [6.45, 7) is 65.5. The molecule has 0 bridgehead atoms. The molecule has 18 rings (SSSR count). The predicted octanol–water partition coefficient (Wildman–Crippen LogP) is 38.6. The third kappa shape index (κ3) is 19.5. The molecule has 0 spiro atoms. The molecule has 0 aliphatic heterocycles. The van der Waals surface area contributed by atoms with Crippen LogP contribution in [0.5, 0.6) is 0 Å². The summed E-state index contributed by atoms with van der Waals surface area (Å²) in [6.07, 6.45) is 0. The smallest absolute Gasteiger partial charge is 0.0467 e. The number of anilines is 6. The van der Waals surface area contributed by atoms with Gasteiger partial charge < -0.3 is 9.80 Å². The molecule has 0 N–H and O–H groups in total. The first-order chi connectivity index (χ1) is 63.9. The van der Waals surface area contributed by atoms with Gasteiger partial charge in [-0.2, -0.15) is 0 Å². The molecule has 0 aromatic heterocycles. The maximum atomic E-state index is 2.46. The monoisotopic (exact) mass is 1780 g/mol. The van der Waals surface area contributed by atoms with Gasteiger partial charge in [0.15, 0.2) is 0 Å². The number of hydrogen-bond acceptors (Lipinski definition) is 2. The van der Waals surface area contributed by atoms with Crippen molar-refractivity contribution in [1.29, 1.82) is 0 Å². The van der Waals surface area contributed by atoms with E-state index in [9.17, 15) is 0 Å². The van der Waals surface area contributed by atoms with Crippen LogP contribution in [0, 0.1) is 0 Å². The average Bonchev–Trinajstić information content (AvgIpc) is 1.57. The van der Waals surface area contributed by atoms with E-state index < -0.39 is 0 Å². The van der Waals surface area contributed by atoms with Gasteiger partial charge >= 0.3 is 0 Å². The highest BCUT2D eigenvalue weighted by atomic mass is 15.1. The van der Waals surface area contributed by atoms with Gasteiger partial charge in [0, 0.05) is 45.0 Å². The molecule has 16 aromatic carbocycles. The maximum absolute atomic E-state index is 2.46. The van der Waals surface area contributed by atoms with Crippen LogP contribution in [0.25, 0.3) is 111 Å². The van der Waals surface area contributed by atoms with Crippen LogP contribution in [0.3, 0.4) is 0 Å². The summed E-state index contributed by atoms with van der Waals surface area (Å²) in [5.41, 5.74) is 47.7. The Kier molecular flexibility index (Phi) is 24.7. The van der Waals surface area contributed by atoms with E-state index in [0.717, 1.165) is 34.1 Å². The molecule has 0 saturated carbocycles. The molecule has 2 aliphatic rings. The largest absolute Gasteiger partial charge is 0.310 e. The molecule has 2 nitrogen and oxygen atoms in total. The fourth-order valence-electron chi connectivity index (χ4n) is 20.0. The van der Waals surface area contributed by atoms with Crippen LogP contribution in [0.2, 0.25) is 0 Å². The number of nitrogens with zero attached hydrogens (tertiary/aromatic N) is 2. The second-order valence-corrected chi connectivity index (χ2v) is 48.2. The van der Waals surface area contributed by atoms with Crippen LogP contribution >= 0.6 is 0 Å². The lowest BCUT2D eigenvalue weighted by Crippen LogP contribution is -2.16. The van der Waals surface area contributed by atoms with Gasteiger partial charge in [0.1, 0.15) is 0 Å². The number of fused-ring (bicyclic) bond motifs is 6. The minimum Gasteiger partial charge on any atom is -0.310 e. The number of rotatable bonds is 14. The van der Waals surface area contributed by atoms with Crippen molar-refractivity contribution in [1.82, 2.24) is 0 Å². The second kappa shape index (κ2) is 35.4. The number of hydrogen-bond donors (Lipinski definition) is 0. The summed E-state index contributed by atoms with van der Waals surface area (Å²) in [5, 5.41) is 0.